The summed E-state index contributed by atoms with van der Waals surface area (Å²) in [6, 6.07) is 59.0. The molecule has 0 spiro atoms. The third kappa shape index (κ3) is 7.37. The van der Waals surface area contributed by atoms with Crippen molar-refractivity contribution in [2.45, 2.75) is 26.3 Å². The van der Waals surface area contributed by atoms with E-state index in [-0.39, 0.29) is 0 Å². The van der Waals surface area contributed by atoms with Gasteiger partial charge in [0.15, 0.2) is 11.7 Å². The molecule has 1 aliphatic rings. The van der Waals surface area contributed by atoms with Crippen molar-refractivity contribution in [1.29, 1.82) is 0 Å². The van der Waals surface area contributed by atoms with Gasteiger partial charge in [-0.25, -0.2) is 9.98 Å². The zero-order valence-corrected chi connectivity index (χ0v) is 40.3. The first kappa shape index (κ1) is 43.6. The number of nitrogens with zero attached hydrogens (tertiary/aromatic N) is 4. The van der Waals surface area contributed by atoms with E-state index in [2.05, 4.69) is 181 Å². The second-order valence-electron chi connectivity index (χ2n) is 18.5. The summed E-state index contributed by atoms with van der Waals surface area (Å²) >= 11 is 0. The maximum atomic E-state index is 6.55. The number of aliphatic imine (C=N–C) groups is 3. The van der Waals surface area contributed by atoms with Crippen molar-refractivity contribution in [2.24, 2.45) is 15.0 Å². The minimum absolute atomic E-state index is 0.356. The lowest BCUT2D eigenvalue weighted by Gasteiger charge is -2.17. The third-order valence-electron chi connectivity index (χ3n) is 14.4. The second-order valence-corrected chi connectivity index (χ2v) is 18.5. The average molecular weight is 941 g/mol. The molecular formula is C67H48N4O2. The lowest BCUT2D eigenvalue weighted by Crippen LogP contribution is -2.06. The number of fused-ring (bicyclic) bond motifs is 13. The number of furan rings is 2. The minimum atomic E-state index is 0.356. The van der Waals surface area contributed by atoms with E-state index in [0.29, 0.717) is 18.2 Å². The molecule has 0 aliphatic heterocycles. The van der Waals surface area contributed by atoms with Gasteiger partial charge in [-0.15, -0.1) is 0 Å². The minimum Gasteiger partial charge on any atom is -0.456 e. The Hall–Kier alpha value is -9.39. The molecule has 0 radical (unpaired) electrons. The molecule has 0 fully saturated rings. The Balaban J connectivity index is 0.918. The fraction of sp³-hybridized carbons (Fsp3) is 0.0597. The molecule has 0 amide bonds. The predicted molar refractivity (Wildman–Crippen MR) is 310 cm³/mol. The fourth-order valence-corrected chi connectivity index (χ4v) is 11.2. The molecule has 0 saturated carbocycles. The Labute approximate surface area is 422 Å². The number of benzene rings is 9. The van der Waals surface area contributed by atoms with Gasteiger partial charge in [-0.2, -0.15) is 0 Å². The molecule has 0 atom stereocenters. The van der Waals surface area contributed by atoms with Crippen LogP contribution in [0.2, 0.25) is 0 Å². The predicted octanol–water partition coefficient (Wildman–Crippen LogP) is 17.6. The highest BCUT2D eigenvalue weighted by Gasteiger charge is 2.24. The van der Waals surface area contributed by atoms with Gasteiger partial charge in [0.05, 0.1) is 17.9 Å². The van der Waals surface area contributed by atoms with Crippen molar-refractivity contribution >= 4 is 125 Å². The van der Waals surface area contributed by atoms with Crippen molar-refractivity contribution in [1.82, 2.24) is 4.57 Å². The molecule has 12 aromatic rings. The third-order valence-corrected chi connectivity index (χ3v) is 14.4. The summed E-state index contributed by atoms with van der Waals surface area (Å²) in [4.78, 5) is 15.0. The van der Waals surface area contributed by atoms with Crippen LogP contribution in [0, 0.1) is 0 Å². The highest BCUT2D eigenvalue weighted by molar-refractivity contribution is 6.26. The van der Waals surface area contributed by atoms with E-state index in [4.69, 9.17) is 18.8 Å². The average Bonchev–Trinajstić information content (AvgIpc) is 4.12. The fourth-order valence-electron chi connectivity index (χ4n) is 11.2. The highest BCUT2D eigenvalue weighted by Crippen LogP contribution is 2.41. The Bertz CT molecular complexity index is 4360. The number of rotatable bonds is 9. The molecular weight excluding hydrogens is 893 g/mol. The van der Waals surface area contributed by atoms with E-state index >= 15 is 0 Å². The van der Waals surface area contributed by atoms with Gasteiger partial charge in [-0.3, -0.25) is 4.99 Å². The molecule has 1 aliphatic carbocycles. The first-order valence-electron chi connectivity index (χ1n) is 24.8. The van der Waals surface area contributed by atoms with Gasteiger partial charge in [-0.05, 0) is 118 Å². The van der Waals surface area contributed by atoms with Gasteiger partial charge in [-0.1, -0.05) is 170 Å². The SMILES string of the molecule is C=Cc1c2c(n(-c3ccc4oc5ccccc5c4c3C=Cc3ccc4oc5cccc(CN=C(N=C(N=C)c6ccc7c8ccccc8c8ccccc8c7c6)c6ccccc6)c5c4c3)c1/C=C\C)CCC=C2. The molecule has 0 saturated heterocycles. The largest absolute Gasteiger partial charge is 0.456 e. The van der Waals surface area contributed by atoms with Crippen molar-refractivity contribution in [3.8, 4) is 5.69 Å². The van der Waals surface area contributed by atoms with Gasteiger partial charge in [0.1, 0.15) is 22.3 Å². The molecule has 9 aromatic carbocycles. The van der Waals surface area contributed by atoms with Crippen LogP contribution in [0.25, 0.3) is 112 Å². The first-order valence-corrected chi connectivity index (χ1v) is 24.8. The van der Waals surface area contributed by atoms with Crippen molar-refractivity contribution in [3.63, 3.8) is 0 Å². The lowest BCUT2D eigenvalue weighted by molar-refractivity contribution is 0.668. The van der Waals surface area contributed by atoms with Crippen LogP contribution in [-0.2, 0) is 13.0 Å². The summed E-state index contributed by atoms with van der Waals surface area (Å²) in [6.07, 6.45) is 17.2. The summed E-state index contributed by atoms with van der Waals surface area (Å²) < 4.78 is 15.5. The molecule has 3 aromatic heterocycles. The van der Waals surface area contributed by atoms with Crippen LogP contribution in [0.3, 0.4) is 0 Å². The summed E-state index contributed by atoms with van der Waals surface area (Å²) in [7, 11) is 0. The van der Waals surface area contributed by atoms with E-state index in [0.717, 1.165) is 107 Å². The molecule has 0 N–H and O–H groups in total. The van der Waals surface area contributed by atoms with Gasteiger partial charge in [0.25, 0.3) is 0 Å². The summed E-state index contributed by atoms with van der Waals surface area (Å²) in [5.41, 5.74) is 14.1. The molecule has 0 bridgehead atoms. The molecule has 73 heavy (non-hydrogen) atoms. The standard InChI is InChI=1S/C67H48N4O2/c1-4-18-57-46(5-2)52-26-13-15-28-58(52)71(57)59-36-38-63-65(54-27-14-16-29-60(54)72-63)53(59)34-31-42-32-37-61-56(39-42)64-45(21-17-30-62(64)73-61)41-69-67(43-19-7-6-8-20-43)70-66(68-3)44-33-35-51-49-24-10-9-22-47(49)48-23-11-12-25-50(48)55(51)40-44/h4-14,16-27,29-40H,2-3,15,28,41H2,1H3/b18-4-,34-31?,69-67?,70-66?. The summed E-state index contributed by atoms with van der Waals surface area (Å²) in [6.45, 7) is 10.7. The summed E-state index contributed by atoms with van der Waals surface area (Å²) in [5, 5.41) is 11.3. The van der Waals surface area contributed by atoms with Gasteiger partial charge in [0.2, 0.25) is 0 Å². The van der Waals surface area contributed by atoms with E-state index in [1.807, 2.05) is 60.7 Å². The quantitative estimate of drug-likeness (QED) is 0.0626. The molecule has 3 heterocycles. The van der Waals surface area contributed by atoms with Crippen molar-refractivity contribution < 1.29 is 8.83 Å². The molecule has 0 unspecified atom stereocenters. The number of para-hydroxylation sites is 1. The molecule has 6 nitrogen and oxygen atoms in total. The van der Waals surface area contributed by atoms with E-state index in [9.17, 15) is 0 Å². The molecule has 6 heteroatoms. The normalized spacial score (nSPS) is 13.3. The number of hydrogen-bond acceptors (Lipinski definition) is 3. The second kappa shape index (κ2) is 18.1. The molecule has 13 rings (SSSR count). The number of hydrogen-bond donors (Lipinski definition) is 0. The van der Waals surface area contributed by atoms with Gasteiger partial charge in [0, 0.05) is 55.1 Å². The van der Waals surface area contributed by atoms with Crippen LogP contribution in [0.15, 0.2) is 212 Å². The van der Waals surface area contributed by atoms with E-state index in [1.165, 1.54) is 38.2 Å². The van der Waals surface area contributed by atoms with Crippen LogP contribution >= 0.6 is 0 Å². The zero-order chi connectivity index (χ0) is 49.0. The van der Waals surface area contributed by atoms with E-state index in [1.54, 1.807) is 0 Å². The van der Waals surface area contributed by atoms with E-state index < -0.39 is 0 Å². The van der Waals surface area contributed by atoms with Crippen LogP contribution in [0.5, 0.6) is 0 Å². The number of aromatic nitrogens is 1. The lowest BCUT2D eigenvalue weighted by atomic mass is 9.93. The topological polar surface area (TPSA) is 68.3 Å². The Kier molecular flexibility index (Phi) is 10.8. The number of amidine groups is 2. The Morgan fingerprint density at radius 1 is 0.575 bits per heavy atom. The number of allylic oxidation sites excluding steroid dienone is 2. The van der Waals surface area contributed by atoms with Gasteiger partial charge >= 0.3 is 0 Å². The van der Waals surface area contributed by atoms with Crippen LogP contribution in [0.1, 0.15) is 63.7 Å². The maximum Gasteiger partial charge on any atom is 0.161 e. The van der Waals surface area contributed by atoms with Gasteiger partial charge < -0.3 is 13.4 Å². The monoisotopic (exact) mass is 940 g/mol. The maximum absolute atomic E-state index is 6.55. The van der Waals surface area contributed by atoms with Crippen molar-refractivity contribution in [3.05, 3.63) is 239 Å². The Morgan fingerprint density at radius 2 is 1.25 bits per heavy atom. The zero-order valence-electron chi connectivity index (χ0n) is 40.3. The van der Waals surface area contributed by atoms with Crippen LogP contribution in [-0.4, -0.2) is 23.0 Å². The highest BCUT2D eigenvalue weighted by atomic mass is 16.3. The molecule has 348 valence electrons. The van der Waals surface area contributed by atoms with Crippen LogP contribution < -0.4 is 0 Å². The smallest absolute Gasteiger partial charge is 0.161 e. The van der Waals surface area contributed by atoms with Crippen molar-refractivity contribution in [2.75, 3.05) is 0 Å². The first-order chi connectivity index (χ1) is 36.1. The Morgan fingerprint density at radius 3 is 2.00 bits per heavy atom. The summed E-state index contributed by atoms with van der Waals surface area (Å²) in [5.74, 6) is 1.06. The van der Waals surface area contributed by atoms with Crippen LogP contribution in [0.4, 0.5) is 0 Å².